The molecule has 4 nitrogen and oxygen atoms in total. The van der Waals surface area contributed by atoms with Gasteiger partial charge in [0.2, 0.25) is 16.4 Å². The van der Waals surface area contributed by atoms with Crippen molar-refractivity contribution in [3.8, 4) is 11.4 Å². The highest BCUT2D eigenvalue weighted by molar-refractivity contribution is 7.71. The lowest BCUT2D eigenvalue weighted by Gasteiger charge is -2.05. The fraction of sp³-hybridized carbons (Fsp3) is 0. The summed E-state index contributed by atoms with van der Waals surface area (Å²) in [5.74, 6) is 0.117. The summed E-state index contributed by atoms with van der Waals surface area (Å²) in [7, 11) is 0. The van der Waals surface area contributed by atoms with Crippen LogP contribution in [-0.2, 0) is 0 Å². The third-order valence-corrected chi connectivity index (χ3v) is 4.39. The molecule has 0 unspecified atom stereocenters. The average Bonchev–Trinajstić information content (AvgIpc) is 3.06. The zero-order valence-electron chi connectivity index (χ0n) is 13.8. The van der Waals surface area contributed by atoms with Gasteiger partial charge in [-0.15, -0.1) is 5.10 Å². The number of hydrogen-bond donors (Lipinski definition) is 0. The molecule has 0 atom stereocenters. The molecule has 126 valence electrons. The number of rotatable bonds is 4. The topological polar surface area (TPSA) is 39.8 Å². The average molecular weight is 357 g/mol. The van der Waals surface area contributed by atoms with Gasteiger partial charge in [-0.2, -0.15) is 0 Å². The van der Waals surface area contributed by atoms with Gasteiger partial charge in [0, 0.05) is 5.56 Å². The first-order valence-electron chi connectivity index (χ1n) is 8.18. The number of carbonyl (C=O) groups excluding carboxylic acids is 1. The van der Waals surface area contributed by atoms with E-state index in [0.29, 0.717) is 10.3 Å². The molecular formula is C21H15N3OS. The predicted octanol–water partition coefficient (Wildman–Crippen LogP) is 4.62. The molecule has 0 N–H and O–H groups in total. The number of ketones is 1. The van der Waals surface area contributed by atoms with Gasteiger partial charge in [-0.05, 0) is 36.5 Å². The molecule has 0 aliphatic rings. The number of para-hydroxylation sites is 2. The van der Waals surface area contributed by atoms with E-state index in [1.54, 1.807) is 21.4 Å². The Kier molecular flexibility index (Phi) is 4.29. The summed E-state index contributed by atoms with van der Waals surface area (Å²) >= 11 is 5.66. The summed E-state index contributed by atoms with van der Waals surface area (Å²) in [5.41, 5.74) is 2.19. The van der Waals surface area contributed by atoms with Gasteiger partial charge in [-0.25, -0.2) is 4.68 Å². The highest BCUT2D eigenvalue weighted by Gasteiger charge is 2.21. The second-order valence-corrected chi connectivity index (χ2v) is 6.08. The fourth-order valence-electron chi connectivity index (χ4n) is 2.78. The van der Waals surface area contributed by atoms with Crippen molar-refractivity contribution in [3.63, 3.8) is 0 Å². The second-order valence-electron chi connectivity index (χ2n) is 5.72. The minimum Gasteiger partial charge on any atom is -0.285 e. The monoisotopic (exact) mass is 357 g/mol. The maximum absolute atomic E-state index is 13.1. The van der Waals surface area contributed by atoms with E-state index in [2.05, 4.69) is 5.10 Å². The van der Waals surface area contributed by atoms with E-state index in [0.717, 1.165) is 11.4 Å². The molecule has 0 aliphatic carbocycles. The third kappa shape index (κ3) is 2.89. The summed E-state index contributed by atoms with van der Waals surface area (Å²) in [6.07, 6.45) is 0. The van der Waals surface area contributed by atoms with Crippen molar-refractivity contribution in [2.45, 2.75) is 0 Å². The molecule has 26 heavy (non-hydrogen) atoms. The van der Waals surface area contributed by atoms with Crippen LogP contribution in [0.15, 0.2) is 91.0 Å². The lowest BCUT2D eigenvalue weighted by Crippen LogP contribution is -2.10. The van der Waals surface area contributed by atoms with Gasteiger partial charge in [0.1, 0.15) is 0 Å². The highest BCUT2D eigenvalue weighted by Crippen LogP contribution is 2.18. The van der Waals surface area contributed by atoms with Crippen LogP contribution in [0.25, 0.3) is 11.4 Å². The van der Waals surface area contributed by atoms with Gasteiger partial charge in [0.05, 0.1) is 11.4 Å². The van der Waals surface area contributed by atoms with Crippen molar-refractivity contribution < 1.29 is 4.79 Å². The molecule has 4 rings (SSSR count). The summed E-state index contributed by atoms with van der Waals surface area (Å²) < 4.78 is 3.79. The molecule has 0 aliphatic heterocycles. The lowest BCUT2D eigenvalue weighted by atomic mass is 10.1. The van der Waals surface area contributed by atoms with Crippen LogP contribution in [0.4, 0.5) is 0 Å². The van der Waals surface area contributed by atoms with Crippen molar-refractivity contribution in [2.24, 2.45) is 0 Å². The molecule has 1 aromatic heterocycles. The standard InChI is InChI=1S/C21H15N3OS/c25-19(16-10-4-1-5-11-16)20-22-24(18-14-8-3-9-15-18)21(26)23(20)17-12-6-2-7-13-17/h1-15H. The normalized spacial score (nSPS) is 10.6. The largest absolute Gasteiger partial charge is 0.285 e. The van der Waals surface area contributed by atoms with E-state index in [1.165, 1.54) is 0 Å². The molecule has 0 radical (unpaired) electrons. The molecule has 0 bridgehead atoms. The maximum atomic E-state index is 13.1. The van der Waals surface area contributed by atoms with Gasteiger partial charge in [0.15, 0.2) is 0 Å². The van der Waals surface area contributed by atoms with Crippen molar-refractivity contribution in [3.05, 3.63) is 107 Å². The molecule has 0 spiro atoms. The smallest absolute Gasteiger partial charge is 0.230 e. The maximum Gasteiger partial charge on any atom is 0.230 e. The molecule has 0 amide bonds. The fourth-order valence-corrected chi connectivity index (χ4v) is 3.12. The van der Waals surface area contributed by atoms with Crippen LogP contribution >= 0.6 is 12.2 Å². The first-order chi connectivity index (χ1) is 12.8. The number of carbonyl (C=O) groups is 1. The summed E-state index contributed by atoms with van der Waals surface area (Å²) in [6.45, 7) is 0. The molecule has 0 fully saturated rings. The van der Waals surface area contributed by atoms with Crippen LogP contribution in [0, 0.1) is 4.77 Å². The van der Waals surface area contributed by atoms with Crippen LogP contribution in [0.5, 0.6) is 0 Å². The second kappa shape index (κ2) is 6.90. The van der Waals surface area contributed by atoms with Crippen molar-refractivity contribution in [1.29, 1.82) is 0 Å². The van der Waals surface area contributed by atoms with Gasteiger partial charge >= 0.3 is 0 Å². The van der Waals surface area contributed by atoms with Crippen molar-refractivity contribution in [2.75, 3.05) is 0 Å². The van der Waals surface area contributed by atoms with Crippen LogP contribution in [0.2, 0.25) is 0 Å². The van der Waals surface area contributed by atoms with E-state index in [1.807, 2.05) is 78.9 Å². The van der Waals surface area contributed by atoms with Gasteiger partial charge < -0.3 is 0 Å². The molecule has 4 aromatic rings. The number of aromatic nitrogens is 3. The Morgan fingerprint density at radius 1 is 0.731 bits per heavy atom. The number of nitrogens with zero attached hydrogens (tertiary/aromatic N) is 3. The minimum absolute atomic E-state index is 0.171. The minimum atomic E-state index is -0.171. The molecular weight excluding hydrogens is 342 g/mol. The van der Waals surface area contributed by atoms with Gasteiger partial charge in [0.25, 0.3) is 0 Å². The van der Waals surface area contributed by atoms with Crippen molar-refractivity contribution in [1.82, 2.24) is 14.3 Å². The van der Waals surface area contributed by atoms with E-state index >= 15 is 0 Å². The summed E-state index contributed by atoms with van der Waals surface area (Å²) in [4.78, 5) is 13.1. The van der Waals surface area contributed by atoms with Crippen LogP contribution < -0.4 is 0 Å². The Labute approximate surface area is 156 Å². The molecule has 3 aromatic carbocycles. The lowest BCUT2D eigenvalue weighted by molar-refractivity contribution is 0.102. The first kappa shape index (κ1) is 16.2. The Morgan fingerprint density at radius 2 is 1.23 bits per heavy atom. The van der Waals surface area contributed by atoms with Crippen LogP contribution in [-0.4, -0.2) is 20.1 Å². The van der Waals surface area contributed by atoms with E-state index < -0.39 is 0 Å². The van der Waals surface area contributed by atoms with Gasteiger partial charge in [-0.1, -0.05) is 66.7 Å². The van der Waals surface area contributed by atoms with Crippen molar-refractivity contribution >= 4 is 18.0 Å². The van der Waals surface area contributed by atoms with Crippen LogP contribution in [0.3, 0.4) is 0 Å². The third-order valence-electron chi connectivity index (χ3n) is 4.03. The van der Waals surface area contributed by atoms with Crippen LogP contribution in [0.1, 0.15) is 16.2 Å². The quantitative estimate of drug-likeness (QED) is 0.395. The number of hydrogen-bond acceptors (Lipinski definition) is 3. The zero-order chi connectivity index (χ0) is 17.9. The summed E-state index contributed by atoms with van der Waals surface area (Å²) in [6, 6.07) is 28.3. The molecule has 0 saturated carbocycles. The Hall–Kier alpha value is -3.31. The zero-order valence-corrected chi connectivity index (χ0v) is 14.6. The SMILES string of the molecule is O=C(c1ccccc1)c1nn(-c2ccccc2)c(=S)n1-c1ccccc1. The summed E-state index contributed by atoms with van der Waals surface area (Å²) in [5, 5.41) is 4.56. The van der Waals surface area contributed by atoms with Gasteiger partial charge in [-0.3, -0.25) is 9.36 Å². The Morgan fingerprint density at radius 3 is 1.81 bits per heavy atom. The Bertz CT molecular complexity index is 1100. The molecule has 0 saturated heterocycles. The van der Waals surface area contributed by atoms with E-state index in [-0.39, 0.29) is 11.6 Å². The molecule has 5 heteroatoms. The number of benzene rings is 3. The predicted molar refractivity (Wildman–Crippen MR) is 104 cm³/mol. The Balaban J connectivity index is 1.96. The van der Waals surface area contributed by atoms with E-state index in [9.17, 15) is 4.79 Å². The highest BCUT2D eigenvalue weighted by atomic mass is 32.1. The molecule has 1 heterocycles. The van der Waals surface area contributed by atoms with E-state index in [4.69, 9.17) is 12.2 Å². The first-order valence-corrected chi connectivity index (χ1v) is 8.59.